The summed E-state index contributed by atoms with van der Waals surface area (Å²) in [5.41, 5.74) is 1.06. The standard InChI is InChI=1S/C26H34ClN3O5S/c1-7-33-20-15-17(16-21(34-8-2)23(20)35-9-3)25(31)30(14-10-13-29(4)5)26-28-22-19(32-6)12-11-18(27)24(22)36-26/h11-12,15-16H,7-10,13-14H2,1-6H3. The molecular formula is C26H34ClN3O5S. The van der Waals surface area contributed by atoms with Crippen LogP contribution in [0.2, 0.25) is 5.02 Å². The second-order valence-electron chi connectivity index (χ2n) is 8.14. The smallest absolute Gasteiger partial charge is 0.260 e. The Kier molecular flexibility index (Phi) is 10.0. The molecule has 1 heterocycles. The van der Waals surface area contributed by atoms with E-state index < -0.39 is 0 Å². The molecule has 10 heteroatoms. The van der Waals surface area contributed by atoms with Gasteiger partial charge in [0.05, 0.1) is 36.7 Å². The van der Waals surface area contributed by atoms with Crippen molar-refractivity contribution in [2.24, 2.45) is 0 Å². The largest absolute Gasteiger partial charge is 0.494 e. The van der Waals surface area contributed by atoms with E-state index in [1.807, 2.05) is 34.9 Å². The van der Waals surface area contributed by atoms with E-state index in [-0.39, 0.29) is 5.91 Å². The van der Waals surface area contributed by atoms with Crippen LogP contribution in [0.25, 0.3) is 10.2 Å². The summed E-state index contributed by atoms with van der Waals surface area (Å²) in [5.74, 6) is 1.82. The second kappa shape index (κ2) is 13.0. The first kappa shape index (κ1) is 27.8. The van der Waals surface area contributed by atoms with Crippen molar-refractivity contribution < 1.29 is 23.7 Å². The Morgan fingerprint density at radius 1 is 0.972 bits per heavy atom. The summed E-state index contributed by atoms with van der Waals surface area (Å²) in [4.78, 5) is 22.5. The number of ether oxygens (including phenoxy) is 4. The molecule has 0 unspecified atom stereocenters. The number of aromatic nitrogens is 1. The lowest BCUT2D eigenvalue weighted by atomic mass is 10.1. The first-order chi connectivity index (χ1) is 17.3. The summed E-state index contributed by atoms with van der Waals surface area (Å²) in [6, 6.07) is 6.97. The van der Waals surface area contributed by atoms with Gasteiger partial charge in [0.15, 0.2) is 16.6 Å². The maximum Gasteiger partial charge on any atom is 0.260 e. The topological polar surface area (TPSA) is 73.4 Å². The third kappa shape index (κ3) is 6.32. The molecule has 0 bridgehead atoms. The molecule has 196 valence electrons. The highest BCUT2D eigenvalue weighted by molar-refractivity contribution is 7.23. The number of fused-ring (bicyclic) bond motifs is 1. The maximum atomic E-state index is 14.0. The molecule has 1 aromatic heterocycles. The molecule has 8 nitrogen and oxygen atoms in total. The number of carbonyl (C=O) groups is 1. The molecule has 0 atom stereocenters. The number of thiazole rings is 1. The van der Waals surface area contributed by atoms with Gasteiger partial charge in [0, 0.05) is 12.1 Å². The van der Waals surface area contributed by atoms with E-state index in [0.29, 0.717) is 70.6 Å². The fourth-order valence-electron chi connectivity index (χ4n) is 3.72. The number of amides is 1. The Hall–Kier alpha value is -2.75. The van der Waals surface area contributed by atoms with Crippen molar-refractivity contribution in [3.05, 3.63) is 34.9 Å². The van der Waals surface area contributed by atoms with E-state index in [2.05, 4.69) is 4.90 Å². The van der Waals surface area contributed by atoms with Crippen molar-refractivity contribution in [2.75, 3.05) is 59.0 Å². The summed E-state index contributed by atoms with van der Waals surface area (Å²) in [6.45, 7) is 8.24. The third-order valence-electron chi connectivity index (χ3n) is 5.29. The summed E-state index contributed by atoms with van der Waals surface area (Å²) in [7, 11) is 5.60. The monoisotopic (exact) mass is 535 g/mol. The number of hydrogen-bond acceptors (Lipinski definition) is 8. The van der Waals surface area contributed by atoms with E-state index >= 15 is 0 Å². The predicted octanol–water partition coefficient (Wildman–Crippen LogP) is 5.75. The summed E-state index contributed by atoms with van der Waals surface area (Å²) >= 11 is 7.83. The van der Waals surface area contributed by atoms with Crippen LogP contribution in [0.1, 0.15) is 37.6 Å². The normalized spacial score (nSPS) is 11.1. The van der Waals surface area contributed by atoms with E-state index in [0.717, 1.165) is 17.7 Å². The molecule has 0 spiro atoms. The van der Waals surface area contributed by atoms with Gasteiger partial charge < -0.3 is 23.8 Å². The average molecular weight is 536 g/mol. The molecule has 0 aliphatic heterocycles. The summed E-state index contributed by atoms with van der Waals surface area (Å²) in [6.07, 6.45) is 0.757. The van der Waals surface area contributed by atoms with Crippen LogP contribution < -0.4 is 23.8 Å². The SMILES string of the molecule is CCOc1cc(C(=O)N(CCCN(C)C)c2nc3c(OC)ccc(Cl)c3s2)cc(OCC)c1OCC. The Morgan fingerprint density at radius 3 is 2.17 bits per heavy atom. The molecule has 0 fully saturated rings. The first-order valence-electron chi connectivity index (χ1n) is 12.0. The molecule has 36 heavy (non-hydrogen) atoms. The molecule has 3 aromatic rings. The van der Waals surface area contributed by atoms with E-state index in [1.54, 1.807) is 36.3 Å². The van der Waals surface area contributed by atoms with Gasteiger partial charge in [-0.15, -0.1) is 0 Å². The van der Waals surface area contributed by atoms with Gasteiger partial charge in [-0.05, 0) is 72.1 Å². The molecule has 3 rings (SSSR count). The van der Waals surface area contributed by atoms with Gasteiger partial charge in [-0.1, -0.05) is 22.9 Å². The molecule has 0 saturated heterocycles. The molecule has 0 aliphatic rings. The Bertz CT molecular complexity index is 1160. The van der Waals surface area contributed by atoms with Crippen LogP contribution in [0.3, 0.4) is 0 Å². The van der Waals surface area contributed by atoms with Gasteiger partial charge in [0.2, 0.25) is 5.75 Å². The zero-order valence-corrected chi connectivity index (χ0v) is 23.3. The number of methoxy groups -OCH3 is 1. The minimum atomic E-state index is -0.215. The number of halogens is 1. The molecule has 0 N–H and O–H groups in total. The number of rotatable bonds is 13. The van der Waals surface area contributed by atoms with Crippen LogP contribution in [0.4, 0.5) is 5.13 Å². The molecular weight excluding hydrogens is 502 g/mol. The lowest BCUT2D eigenvalue weighted by Crippen LogP contribution is -2.33. The predicted molar refractivity (Wildman–Crippen MR) is 146 cm³/mol. The highest BCUT2D eigenvalue weighted by Crippen LogP contribution is 2.41. The molecule has 0 aliphatic carbocycles. The highest BCUT2D eigenvalue weighted by Gasteiger charge is 2.26. The van der Waals surface area contributed by atoms with Gasteiger partial charge in [0.25, 0.3) is 5.91 Å². The van der Waals surface area contributed by atoms with Crippen molar-refractivity contribution in [3.63, 3.8) is 0 Å². The number of hydrogen-bond donors (Lipinski definition) is 0. The molecule has 0 saturated carbocycles. The zero-order chi connectivity index (χ0) is 26.2. The first-order valence-corrected chi connectivity index (χ1v) is 13.2. The van der Waals surface area contributed by atoms with Gasteiger partial charge >= 0.3 is 0 Å². The van der Waals surface area contributed by atoms with Gasteiger partial charge in [-0.2, -0.15) is 0 Å². The lowest BCUT2D eigenvalue weighted by molar-refractivity contribution is 0.0985. The summed E-state index contributed by atoms with van der Waals surface area (Å²) in [5, 5.41) is 1.11. The number of carbonyl (C=O) groups excluding carboxylic acids is 1. The molecule has 0 radical (unpaired) electrons. The zero-order valence-electron chi connectivity index (χ0n) is 21.7. The van der Waals surface area contributed by atoms with Crippen LogP contribution >= 0.6 is 22.9 Å². The van der Waals surface area contributed by atoms with Crippen molar-refractivity contribution in [2.45, 2.75) is 27.2 Å². The van der Waals surface area contributed by atoms with Crippen LogP contribution in [0.5, 0.6) is 23.0 Å². The Balaban J connectivity index is 2.10. The Morgan fingerprint density at radius 2 is 1.61 bits per heavy atom. The number of anilines is 1. The molecule has 2 aromatic carbocycles. The van der Waals surface area contributed by atoms with E-state index in [9.17, 15) is 4.79 Å². The number of benzene rings is 2. The second-order valence-corrected chi connectivity index (χ2v) is 9.52. The molecule has 1 amide bonds. The highest BCUT2D eigenvalue weighted by atomic mass is 35.5. The van der Waals surface area contributed by atoms with Gasteiger partial charge in [0.1, 0.15) is 11.3 Å². The van der Waals surface area contributed by atoms with E-state index in [1.165, 1.54) is 11.3 Å². The van der Waals surface area contributed by atoms with Crippen molar-refractivity contribution in [1.82, 2.24) is 9.88 Å². The summed E-state index contributed by atoms with van der Waals surface area (Å²) < 4.78 is 23.7. The van der Waals surface area contributed by atoms with Crippen molar-refractivity contribution in [3.8, 4) is 23.0 Å². The van der Waals surface area contributed by atoms with Gasteiger partial charge in [-0.25, -0.2) is 4.98 Å². The van der Waals surface area contributed by atoms with Crippen LogP contribution in [-0.2, 0) is 0 Å². The Labute approximate surface area is 221 Å². The lowest BCUT2D eigenvalue weighted by Gasteiger charge is -2.22. The van der Waals surface area contributed by atoms with Crippen LogP contribution in [0, 0.1) is 0 Å². The number of nitrogens with zero attached hydrogens (tertiary/aromatic N) is 3. The fourth-order valence-corrected chi connectivity index (χ4v) is 5.00. The van der Waals surface area contributed by atoms with E-state index in [4.69, 9.17) is 35.5 Å². The quantitative estimate of drug-likeness (QED) is 0.276. The van der Waals surface area contributed by atoms with Crippen molar-refractivity contribution in [1.29, 1.82) is 0 Å². The average Bonchev–Trinajstić information content (AvgIpc) is 3.30. The third-order valence-corrected chi connectivity index (χ3v) is 6.82. The van der Waals surface area contributed by atoms with Crippen LogP contribution in [0.15, 0.2) is 24.3 Å². The van der Waals surface area contributed by atoms with Gasteiger partial charge in [-0.3, -0.25) is 9.69 Å². The maximum absolute atomic E-state index is 14.0. The fraction of sp³-hybridized carbons (Fsp3) is 0.462. The van der Waals surface area contributed by atoms with Crippen molar-refractivity contribution >= 4 is 44.2 Å². The minimum Gasteiger partial charge on any atom is -0.494 e. The van der Waals surface area contributed by atoms with Crippen LogP contribution in [-0.4, -0.2) is 69.9 Å². The minimum absolute atomic E-state index is 0.215.